The summed E-state index contributed by atoms with van der Waals surface area (Å²) in [5.41, 5.74) is 3.50. The maximum absolute atomic E-state index is 14.3. The molecule has 0 bridgehead atoms. The molecule has 2 saturated heterocycles. The largest absolute Gasteiger partial charge is 0.333 e. The predicted molar refractivity (Wildman–Crippen MR) is 176 cm³/mol. The van der Waals surface area contributed by atoms with Gasteiger partial charge in [0.1, 0.15) is 12.2 Å². The number of rotatable bonds is 11. The molecule has 0 spiro atoms. The molecule has 4 aromatic carbocycles. The molecule has 4 aromatic rings. The van der Waals surface area contributed by atoms with Gasteiger partial charge in [0.25, 0.3) is 0 Å². The van der Waals surface area contributed by atoms with E-state index in [2.05, 4.69) is 28.8 Å². The third kappa shape index (κ3) is 6.43. The van der Waals surface area contributed by atoms with Gasteiger partial charge in [0.05, 0.1) is 13.1 Å². The van der Waals surface area contributed by atoms with Crippen LogP contribution in [0.4, 0.5) is 10.5 Å². The number of nitrogens with zero attached hydrogens (tertiary/aromatic N) is 4. The smallest absolute Gasteiger partial charge is 0.332 e. The summed E-state index contributed by atoms with van der Waals surface area (Å²) in [6.45, 7) is 3.41. The predicted octanol–water partition coefficient (Wildman–Crippen LogP) is 4.37. The Labute approximate surface area is 268 Å². The molecular formula is C36H38N6O4. The van der Waals surface area contributed by atoms with Crippen molar-refractivity contribution in [1.29, 1.82) is 0 Å². The Hall–Kier alpha value is -5.22. The average molecular weight is 619 g/mol. The molecule has 10 nitrogen and oxygen atoms in total. The van der Waals surface area contributed by atoms with E-state index in [1.165, 1.54) is 0 Å². The van der Waals surface area contributed by atoms with Gasteiger partial charge in [-0.25, -0.2) is 4.79 Å². The highest BCUT2D eigenvalue weighted by atomic mass is 16.2. The number of urea groups is 1. The zero-order chi connectivity index (χ0) is 32.0. The van der Waals surface area contributed by atoms with Gasteiger partial charge in [-0.1, -0.05) is 91.9 Å². The standard InChI is InChI=1S/C36H38N6O4/c1-2-19-40(36(46)37-21-27-9-4-3-5-10-27)41-24-34(44)42-32(20-26-15-17-30(18-16-26)38-25-43)35(45)39(23-33(41)42)22-29-13-8-12-28-11-6-7-14-31(28)29/h3-18,25,32-33H,2,19-24H2,1H3,(H,37,46)(H,38,43)/t32-,33+/m0/s1. The number of amides is 5. The van der Waals surface area contributed by atoms with Crippen LogP contribution in [-0.4, -0.2) is 75.9 Å². The maximum Gasteiger partial charge on any atom is 0.332 e. The highest BCUT2D eigenvalue weighted by Crippen LogP contribution is 2.31. The monoisotopic (exact) mass is 618 g/mol. The lowest BCUT2D eigenvalue weighted by atomic mass is 9.98. The molecule has 2 fully saturated rings. The summed E-state index contributed by atoms with van der Waals surface area (Å²) in [5, 5.41) is 11.3. The van der Waals surface area contributed by atoms with Gasteiger partial charge >= 0.3 is 6.03 Å². The minimum atomic E-state index is -0.757. The zero-order valence-electron chi connectivity index (χ0n) is 25.8. The first-order valence-corrected chi connectivity index (χ1v) is 15.7. The number of nitrogens with one attached hydrogen (secondary N) is 2. The van der Waals surface area contributed by atoms with Crippen molar-refractivity contribution in [3.63, 3.8) is 0 Å². The number of fused-ring (bicyclic) bond motifs is 2. The lowest BCUT2D eigenvalue weighted by Crippen LogP contribution is -2.66. The molecule has 46 heavy (non-hydrogen) atoms. The van der Waals surface area contributed by atoms with Crippen molar-refractivity contribution in [1.82, 2.24) is 25.1 Å². The first kappa shape index (κ1) is 30.8. The molecule has 0 saturated carbocycles. The number of hydrazine groups is 1. The van der Waals surface area contributed by atoms with Gasteiger partial charge in [-0.2, -0.15) is 5.01 Å². The van der Waals surface area contributed by atoms with Gasteiger partial charge in [-0.05, 0) is 46.0 Å². The topological polar surface area (TPSA) is 105 Å². The Morgan fingerprint density at radius 1 is 0.913 bits per heavy atom. The second kappa shape index (κ2) is 13.8. The van der Waals surface area contributed by atoms with Crippen LogP contribution in [0.5, 0.6) is 0 Å². The molecule has 2 N–H and O–H groups in total. The lowest BCUT2D eigenvalue weighted by molar-refractivity contribution is -0.157. The summed E-state index contributed by atoms with van der Waals surface area (Å²) < 4.78 is 0. The minimum Gasteiger partial charge on any atom is -0.333 e. The molecule has 10 heteroatoms. The number of piperazine rings is 1. The third-order valence-corrected chi connectivity index (χ3v) is 8.68. The zero-order valence-corrected chi connectivity index (χ0v) is 25.8. The normalized spacial score (nSPS) is 18.0. The van der Waals surface area contributed by atoms with E-state index in [9.17, 15) is 19.2 Å². The van der Waals surface area contributed by atoms with Crippen LogP contribution >= 0.6 is 0 Å². The molecular weight excluding hydrogens is 580 g/mol. The molecule has 2 heterocycles. The molecule has 0 unspecified atom stereocenters. The van der Waals surface area contributed by atoms with Crippen molar-refractivity contribution in [2.45, 2.75) is 45.1 Å². The number of anilines is 1. The van der Waals surface area contributed by atoms with Crippen LogP contribution in [0.25, 0.3) is 10.8 Å². The van der Waals surface area contributed by atoms with Crippen LogP contribution in [0.15, 0.2) is 97.1 Å². The fourth-order valence-electron chi connectivity index (χ4n) is 6.48. The van der Waals surface area contributed by atoms with E-state index in [1.807, 2.05) is 83.6 Å². The van der Waals surface area contributed by atoms with Crippen LogP contribution in [0.3, 0.4) is 0 Å². The fraction of sp³-hybridized carbons (Fsp3) is 0.278. The number of hydrogen-bond donors (Lipinski definition) is 2. The second-order valence-corrected chi connectivity index (χ2v) is 11.7. The molecule has 0 aromatic heterocycles. The van der Waals surface area contributed by atoms with Crippen LogP contribution in [-0.2, 0) is 33.9 Å². The maximum atomic E-state index is 14.3. The number of benzene rings is 4. The summed E-state index contributed by atoms with van der Waals surface area (Å²) in [6, 6.07) is 30.1. The van der Waals surface area contributed by atoms with Crippen LogP contribution in [0.1, 0.15) is 30.0 Å². The number of carbonyl (C=O) groups is 4. The van der Waals surface area contributed by atoms with Crippen LogP contribution in [0.2, 0.25) is 0 Å². The van der Waals surface area contributed by atoms with E-state index in [-0.39, 0.29) is 30.9 Å². The van der Waals surface area contributed by atoms with E-state index in [4.69, 9.17) is 0 Å². The summed E-state index contributed by atoms with van der Waals surface area (Å²) in [6.07, 6.45) is 1.09. The molecule has 5 amide bonds. The molecule has 0 aliphatic carbocycles. The van der Waals surface area contributed by atoms with Crippen molar-refractivity contribution in [3.8, 4) is 0 Å². The quantitative estimate of drug-likeness (QED) is 0.243. The van der Waals surface area contributed by atoms with Gasteiger partial charge in [0.15, 0.2) is 0 Å². The highest BCUT2D eigenvalue weighted by Gasteiger charge is 2.52. The summed E-state index contributed by atoms with van der Waals surface area (Å²) in [5.74, 6) is -0.325. The molecule has 2 atom stereocenters. The first-order chi connectivity index (χ1) is 22.5. The van der Waals surface area contributed by atoms with Crippen molar-refractivity contribution in [3.05, 3.63) is 114 Å². The minimum absolute atomic E-state index is 0.00248. The van der Waals surface area contributed by atoms with E-state index in [1.54, 1.807) is 22.0 Å². The highest BCUT2D eigenvalue weighted by molar-refractivity contribution is 5.92. The third-order valence-electron chi connectivity index (χ3n) is 8.68. The van der Waals surface area contributed by atoms with E-state index >= 15 is 0 Å². The van der Waals surface area contributed by atoms with E-state index < -0.39 is 12.2 Å². The fourth-order valence-corrected chi connectivity index (χ4v) is 6.48. The Morgan fingerprint density at radius 2 is 1.65 bits per heavy atom. The van der Waals surface area contributed by atoms with E-state index in [0.717, 1.165) is 27.5 Å². The van der Waals surface area contributed by atoms with Crippen molar-refractivity contribution in [2.75, 3.05) is 25.0 Å². The van der Waals surface area contributed by atoms with Crippen molar-refractivity contribution >= 4 is 40.7 Å². The molecule has 0 radical (unpaired) electrons. The second-order valence-electron chi connectivity index (χ2n) is 11.7. The Kier molecular flexibility index (Phi) is 9.25. The molecule has 2 aliphatic heterocycles. The van der Waals surface area contributed by atoms with Gasteiger partial charge < -0.3 is 20.4 Å². The van der Waals surface area contributed by atoms with Crippen molar-refractivity contribution < 1.29 is 19.2 Å². The number of carbonyl (C=O) groups excluding carboxylic acids is 4. The van der Waals surface area contributed by atoms with Gasteiger partial charge in [0.2, 0.25) is 18.2 Å². The van der Waals surface area contributed by atoms with Crippen LogP contribution in [0, 0.1) is 0 Å². The Bertz CT molecular complexity index is 1710. The van der Waals surface area contributed by atoms with Gasteiger partial charge in [0, 0.05) is 31.7 Å². The summed E-state index contributed by atoms with van der Waals surface area (Å²) in [4.78, 5) is 56.1. The van der Waals surface area contributed by atoms with Gasteiger partial charge in [-0.3, -0.25) is 19.4 Å². The Morgan fingerprint density at radius 3 is 2.41 bits per heavy atom. The van der Waals surface area contributed by atoms with Gasteiger partial charge in [-0.15, -0.1) is 0 Å². The number of hydrogen-bond acceptors (Lipinski definition) is 5. The van der Waals surface area contributed by atoms with Crippen LogP contribution < -0.4 is 10.6 Å². The Balaban J connectivity index is 1.31. The van der Waals surface area contributed by atoms with Crippen molar-refractivity contribution in [2.24, 2.45) is 0 Å². The first-order valence-electron chi connectivity index (χ1n) is 15.7. The molecule has 236 valence electrons. The lowest BCUT2D eigenvalue weighted by Gasteiger charge is -2.46. The summed E-state index contributed by atoms with van der Waals surface area (Å²) in [7, 11) is 0. The SMILES string of the molecule is CCCN(C(=O)NCc1ccccc1)N1CC(=O)N2[C@@H](Cc3ccc(NC=O)cc3)C(=O)N(Cc3cccc4ccccc34)C[C@@H]21. The van der Waals surface area contributed by atoms with E-state index in [0.29, 0.717) is 44.6 Å². The summed E-state index contributed by atoms with van der Waals surface area (Å²) >= 11 is 0. The average Bonchev–Trinajstić information content (AvgIpc) is 3.40. The molecule has 2 aliphatic rings. The molecule has 6 rings (SSSR count).